The zero-order chi connectivity index (χ0) is 10.7. The molecule has 0 aliphatic carbocycles. The Balaban J connectivity index is 3.31. The summed E-state index contributed by atoms with van der Waals surface area (Å²) in [4.78, 5) is 0. The van der Waals surface area contributed by atoms with Gasteiger partial charge in [-0.15, -0.1) is 0 Å². The van der Waals surface area contributed by atoms with Crippen LogP contribution in [0.3, 0.4) is 0 Å². The van der Waals surface area contributed by atoms with Crippen molar-refractivity contribution in [2.24, 2.45) is 0 Å². The van der Waals surface area contributed by atoms with Gasteiger partial charge in [0.05, 0.1) is 6.10 Å². The Hall–Kier alpha value is -1.06. The van der Waals surface area contributed by atoms with Gasteiger partial charge in [-0.1, -0.05) is 11.6 Å². The molecule has 1 aromatic rings. The van der Waals surface area contributed by atoms with Gasteiger partial charge in [0, 0.05) is 29.6 Å². The van der Waals surface area contributed by atoms with E-state index in [1.54, 1.807) is 19.2 Å². The smallest absolute Gasteiger partial charge is 0.0800 e. The molecule has 0 radical (unpaired) electrons. The Morgan fingerprint density at radius 1 is 1.57 bits per heavy atom. The second-order valence-corrected chi connectivity index (χ2v) is 3.46. The molecule has 0 aliphatic rings. The zero-order valence-electron chi connectivity index (χ0n) is 8.17. The number of rotatable bonds is 3. The van der Waals surface area contributed by atoms with Gasteiger partial charge in [0.2, 0.25) is 0 Å². The summed E-state index contributed by atoms with van der Waals surface area (Å²) in [6.07, 6.45) is 1.10. The maximum Gasteiger partial charge on any atom is 0.0800 e. The van der Waals surface area contributed by atoms with E-state index in [0.717, 1.165) is 5.56 Å². The van der Waals surface area contributed by atoms with Crippen LogP contribution in [0.1, 0.15) is 24.2 Å². The molecular formula is C10H13ClN2O. The molecule has 0 fully saturated rings. The van der Waals surface area contributed by atoms with Crippen molar-refractivity contribution in [3.05, 3.63) is 28.3 Å². The summed E-state index contributed by atoms with van der Waals surface area (Å²) >= 11 is 5.87. The number of methoxy groups -OCH3 is 1. The minimum absolute atomic E-state index is 0.118. The van der Waals surface area contributed by atoms with E-state index >= 15 is 0 Å². The number of anilines is 1. The third-order valence-electron chi connectivity index (χ3n) is 2.14. The first-order valence-corrected chi connectivity index (χ1v) is 4.60. The minimum Gasteiger partial charge on any atom is -0.398 e. The van der Waals surface area contributed by atoms with Crippen molar-refractivity contribution in [3.8, 4) is 0 Å². The van der Waals surface area contributed by atoms with E-state index in [-0.39, 0.29) is 6.10 Å². The largest absolute Gasteiger partial charge is 0.398 e. The Labute approximate surface area is 88.3 Å². The van der Waals surface area contributed by atoms with Crippen molar-refractivity contribution in [1.82, 2.24) is 0 Å². The molecule has 1 aromatic carbocycles. The molecule has 0 aliphatic heterocycles. The number of nitrogens with two attached hydrogens (primary N) is 1. The van der Waals surface area contributed by atoms with Gasteiger partial charge in [-0.25, -0.2) is 0 Å². The third-order valence-corrected chi connectivity index (χ3v) is 2.36. The van der Waals surface area contributed by atoms with Crippen LogP contribution in [-0.4, -0.2) is 13.3 Å². The second-order valence-electron chi connectivity index (χ2n) is 3.02. The van der Waals surface area contributed by atoms with E-state index in [1.807, 2.05) is 6.92 Å². The third kappa shape index (κ3) is 2.05. The fourth-order valence-corrected chi connectivity index (χ4v) is 1.53. The summed E-state index contributed by atoms with van der Waals surface area (Å²) in [5, 5.41) is 7.82. The number of nitrogen functional groups attached to an aromatic ring is 1. The van der Waals surface area contributed by atoms with Crippen LogP contribution in [0.5, 0.6) is 0 Å². The highest BCUT2D eigenvalue weighted by Crippen LogP contribution is 2.27. The van der Waals surface area contributed by atoms with E-state index in [4.69, 9.17) is 27.5 Å². The number of nitrogens with one attached hydrogen (secondary N) is 1. The normalized spacial score (nSPS) is 12.5. The van der Waals surface area contributed by atoms with E-state index in [9.17, 15) is 0 Å². The summed E-state index contributed by atoms with van der Waals surface area (Å²) in [5.74, 6) is 0. The van der Waals surface area contributed by atoms with Gasteiger partial charge in [0.25, 0.3) is 0 Å². The van der Waals surface area contributed by atoms with Crippen LogP contribution < -0.4 is 5.73 Å². The SMILES string of the molecule is COC(C)c1cc(Cl)cc(N)c1C=N. The number of benzene rings is 1. The lowest BCUT2D eigenvalue weighted by Gasteiger charge is -2.14. The van der Waals surface area contributed by atoms with Crippen LogP contribution in [0.15, 0.2) is 12.1 Å². The zero-order valence-corrected chi connectivity index (χ0v) is 8.93. The number of ether oxygens (including phenoxy) is 1. The fourth-order valence-electron chi connectivity index (χ4n) is 1.29. The van der Waals surface area contributed by atoms with Crippen molar-refractivity contribution in [2.75, 3.05) is 12.8 Å². The number of hydrogen-bond donors (Lipinski definition) is 2. The lowest BCUT2D eigenvalue weighted by Crippen LogP contribution is -2.04. The van der Waals surface area contributed by atoms with Gasteiger partial charge < -0.3 is 15.9 Å². The first-order chi connectivity index (χ1) is 6.60. The predicted molar refractivity (Wildman–Crippen MR) is 59.2 cm³/mol. The monoisotopic (exact) mass is 212 g/mol. The van der Waals surface area contributed by atoms with Crippen molar-refractivity contribution < 1.29 is 4.74 Å². The topological polar surface area (TPSA) is 59.1 Å². The lowest BCUT2D eigenvalue weighted by molar-refractivity contribution is 0.119. The highest BCUT2D eigenvalue weighted by atomic mass is 35.5. The predicted octanol–water partition coefficient (Wildman–Crippen LogP) is 2.63. The lowest BCUT2D eigenvalue weighted by atomic mass is 10.0. The summed E-state index contributed by atoms with van der Waals surface area (Å²) < 4.78 is 5.17. The highest BCUT2D eigenvalue weighted by molar-refractivity contribution is 6.31. The molecule has 1 unspecified atom stereocenters. The average molecular weight is 213 g/mol. The summed E-state index contributed by atoms with van der Waals surface area (Å²) in [7, 11) is 1.61. The molecule has 0 bridgehead atoms. The molecular weight excluding hydrogens is 200 g/mol. The van der Waals surface area contributed by atoms with Crippen molar-refractivity contribution in [2.45, 2.75) is 13.0 Å². The van der Waals surface area contributed by atoms with Crippen molar-refractivity contribution in [1.29, 1.82) is 5.41 Å². The Bertz CT molecular complexity index is 352. The summed E-state index contributed by atoms with van der Waals surface area (Å²) in [5.41, 5.74) is 7.75. The van der Waals surface area contributed by atoms with Gasteiger partial charge in [-0.2, -0.15) is 0 Å². The number of halogens is 1. The molecule has 76 valence electrons. The average Bonchev–Trinajstić information content (AvgIpc) is 2.15. The van der Waals surface area contributed by atoms with Gasteiger partial charge >= 0.3 is 0 Å². The van der Waals surface area contributed by atoms with E-state index in [1.165, 1.54) is 6.21 Å². The molecule has 0 spiro atoms. The molecule has 3 nitrogen and oxygen atoms in total. The molecule has 14 heavy (non-hydrogen) atoms. The molecule has 0 amide bonds. The van der Waals surface area contributed by atoms with Crippen LogP contribution in [0.2, 0.25) is 5.02 Å². The minimum atomic E-state index is -0.118. The molecule has 1 atom stereocenters. The summed E-state index contributed by atoms with van der Waals surface area (Å²) in [6, 6.07) is 3.40. The summed E-state index contributed by atoms with van der Waals surface area (Å²) in [6.45, 7) is 1.89. The second kappa shape index (κ2) is 4.44. The molecule has 0 saturated heterocycles. The molecule has 0 saturated carbocycles. The van der Waals surface area contributed by atoms with Crippen molar-refractivity contribution >= 4 is 23.5 Å². The number of hydrogen-bond acceptors (Lipinski definition) is 3. The van der Waals surface area contributed by atoms with Gasteiger partial charge in [-0.3, -0.25) is 0 Å². The molecule has 0 aromatic heterocycles. The van der Waals surface area contributed by atoms with Crippen LogP contribution in [-0.2, 0) is 4.74 Å². The Kier molecular flexibility index (Phi) is 3.49. The highest BCUT2D eigenvalue weighted by Gasteiger charge is 2.12. The fraction of sp³-hybridized carbons (Fsp3) is 0.300. The molecule has 3 N–H and O–H groups in total. The first-order valence-electron chi connectivity index (χ1n) is 4.22. The van der Waals surface area contributed by atoms with Crippen molar-refractivity contribution in [3.63, 3.8) is 0 Å². The standard InChI is InChI=1S/C10H13ClN2O/c1-6(14-2)8-3-7(11)4-10(13)9(8)5-12/h3-6,12H,13H2,1-2H3. The van der Waals surface area contributed by atoms with Crippen LogP contribution in [0, 0.1) is 5.41 Å². The Morgan fingerprint density at radius 3 is 2.71 bits per heavy atom. The van der Waals surface area contributed by atoms with Gasteiger partial charge in [-0.05, 0) is 24.6 Å². The van der Waals surface area contributed by atoms with Crippen LogP contribution >= 0.6 is 11.6 Å². The maximum absolute atomic E-state index is 7.26. The molecule has 1 rings (SSSR count). The quantitative estimate of drug-likeness (QED) is 0.598. The molecule has 0 heterocycles. The molecule has 4 heteroatoms. The van der Waals surface area contributed by atoms with Gasteiger partial charge in [0.1, 0.15) is 0 Å². The van der Waals surface area contributed by atoms with E-state index in [0.29, 0.717) is 16.3 Å². The van der Waals surface area contributed by atoms with E-state index < -0.39 is 0 Å². The maximum atomic E-state index is 7.26. The van der Waals surface area contributed by atoms with Gasteiger partial charge in [0.15, 0.2) is 0 Å². The van der Waals surface area contributed by atoms with E-state index in [2.05, 4.69) is 0 Å². The van der Waals surface area contributed by atoms with Crippen LogP contribution in [0.25, 0.3) is 0 Å². The Morgan fingerprint density at radius 2 is 2.21 bits per heavy atom. The first kappa shape index (κ1) is 11.0. The van der Waals surface area contributed by atoms with Crippen LogP contribution in [0.4, 0.5) is 5.69 Å².